The van der Waals surface area contributed by atoms with Crippen LogP contribution in [0, 0.1) is 0 Å². The van der Waals surface area contributed by atoms with Crippen LogP contribution in [0.3, 0.4) is 0 Å². The van der Waals surface area contributed by atoms with Crippen molar-refractivity contribution < 1.29 is 14.6 Å². The number of piperidine rings is 1. The SMILES string of the molecule is Cn1nc2c(=O)n(CC3(O)CCN(Cc4ccc(-c5ccsc5)cc4Cl)CC3)cnc2c1-c1ccc(CNC(=O)OC(C)(C)C)cc1. The number of fused-ring (bicyclic) bond motifs is 1. The summed E-state index contributed by atoms with van der Waals surface area (Å²) in [4.78, 5) is 32.5. The molecule has 2 aromatic carbocycles. The predicted octanol–water partition coefficient (Wildman–Crippen LogP) is 6.23. The molecule has 1 aliphatic heterocycles. The maximum atomic E-state index is 13.6. The van der Waals surface area contributed by atoms with Gasteiger partial charge in [0.15, 0.2) is 5.52 Å². The fourth-order valence-electron chi connectivity index (χ4n) is 5.93. The molecule has 0 aliphatic carbocycles. The molecule has 0 atom stereocenters. The highest BCUT2D eigenvalue weighted by atomic mass is 35.5. The molecule has 0 bridgehead atoms. The number of nitrogens with one attached hydrogen (secondary N) is 1. The molecule has 0 spiro atoms. The number of carbonyl (C=O) groups excluding carboxylic acids is 1. The standard InChI is InChI=1S/C35H39ClN6O4S/c1-34(2,3)46-33(44)37-18-23-5-7-24(8-6-23)31-29-30(39-40(31)4)32(43)42(22-38-29)21-35(45)12-14-41(15-13-35)19-26-10-9-25(17-28(26)36)27-11-16-47-20-27/h5-11,16-17,20,22,45H,12-15,18-19,21H2,1-4H3,(H,37,44). The number of thiophene rings is 1. The van der Waals surface area contributed by atoms with Crippen molar-refractivity contribution in [1.82, 2.24) is 29.5 Å². The molecule has 1 saturated heterocycles. The maximum absolute atomic E-state index is 13.6. The number of hydrogen-bond acceptors (Lipinski definition) is 8. The molecule has 1 aliphatic rings. The van der Waals surface area contributed by atoms with Gasteiger partial charge in [-0.15, -0.1) is 0 Å². The summed E-state index contributed by atoms with van der Waals surface area (Å²) in [5, 5.41) is 23.7. The summed E-state index contributed by atoms with van der Waals surface area (Å²) in [6, 6.07) is 15.9. The highest BCUT2D eigenvalue weighted by Gasteiger charge is 2.33. The molecule has 5 aromatic rings. The van der Waals surface area contributed by atoms with Crippen molar-refractivity contribution in [2.45, 2.75) is 64.4 Å². The zero-order valence-electron chi connectivity index (χ0n) is 27.0. The molecular formula is C35H39ClN6O4S. The minimum Gasteiger partial charge on any atom is -0.444 e. The fourth-order valence-corrected chi connectivity index (χ4v) is 6.83. The first-order chi connectivity index (χ1) is 22.4. The number of benzene rings is 2. The predicted molar refractivity (Wildman–Crippen MR) is 186 cm³/mol. The van der Waals surface area contributed by atoms with Gasteiger partial charge in [-0.3, -0.25) is 18.9 Å². The first-order valence-electron chi connectivity index (χ1n) is 15.6. The van der Waals surface area contributed by atoms with Crippen molar-refractivity contribution in [2.75, 3.05) is 13.1 Å². The van der Waals surface area contributed by atoms with Crippen molar-refractivity contribution >= 4 is 40.1 Å². The number of aromatic nitrogens is 4. The number of aryl methyl sites for hydroxylation is 1. The second kappa shape index (κ2) is 13.2. The van der Waals surface area contributed by atoms with E-state index in [4.69, 9.17) is 16.3 Å². The Balaban J connectivity index is 1.10. The molecule has 12 heteroatoms. The summed E-state index contributed by atoms with van der Waals surface area (Å²) in [7, 11) is 1.78. The summed E-state index contributed by atoms with van der Waals surface area (Å²) in [5.41, 5.74) is 4.63. The van der Waals surface area contributed by atoms with Crippen LogP contribution in [0.15, 0.2) is 70.4 Å². The Kier molecular flexibility index (Phi) is 9.26. The second-order valence-electron chi connectivity index (χ2n) is 13.2. The Hall–Kier alpha value is -4.03. The third-order valence-electron chi connectivity index (χ3n) is 8.43. The van der Waals surface area contributed by atoms with Gasteiger partial charge >= 0.3 is 6.09 Å². The monoisotopic (exact) mass is 674 g/mol. The van der Waals surface area contributed by atoms with E-state index in [9.17, 15) is 14.7 Å². The molecule has 1 amide bonds. The van der Waals surface area contributed by atoms with Gasteiger partial charge in [-0.25, -0.2) is 9.78 Å². The Bertz CT molecular complexity index is 1940. The molecule has 6 rings (SSSR count). The van der Waals surface area contributed by atoms with E-state index in [-0.39, 0.29) is 17.6 Å². The van der Waals surface area contributed by atoms with Crippen molar-refractivity contribution in [2.24, 2.45) is 7.05 Å². The van der Waals surface area contributed by atoms with Crippen LogP contribution in [-0.4, -0.2) is 59.7 Å². The topological polar surface area (TPSA) is 115 Å². The Morgan fingerprint density at radius 1 is 1.06 bits per heavy atom. The average molecular weight is 675 g/mol. The van der Waals surface area contributed by atoms with Crippen molar-refractivity contribution in [3.63, 3.8) is 0 Å². The van der Waals surface area contributed by atoms with Crippen molar-refractivity contribution in [3.05, 3.63) is 92.1 Å². The van der Waals surface area contributed by atoms with E-state index in [0.29, 0.717) is 50.2 Å². The summed E-state index contributed by atoms with van der Waals surface area (Å²) in [6.45, 7) is 7.98. The highest BCUT2D eigenvalue weighted by molar-refractivity contribution is 7.08. The van der Waals surface area contributed by atoms with E-state index < -0.39 is 17.3 Å². The molecule has 0 radical (unpaired) electrons. The second-order valence-corrected chi connectivity index (χ2v) is 14.4. The van der Waals surface area contributed by atoms with Crippen LogP contribution in [0.1, 0.15) is 44.7 Å². The number of likely N-dealkylation sites (tertiary alicyclic amines) is 1. The van der Waals surface area contributed by atoms with Gasteiger partial charge in [0, 0.05) is 43.8 Å². The van der Waals surface area contributed by atoms with Crippen molar-refractivity contribution in [3.8, 4) is 22.4 Å². The maximum Gasteiger partial charge on any atom is 0.407 e. The number of aliphatic hydroxyl groups is 1. The lowest BCUT2D eigenvalue weighted by molar-refractivity contribution is -0.0364. The Labute approximate surface area is 282 Å². The van der Waals surface area contributed by atoms with Crippen LogP contribution >= 0.6 is 22.9 Å². The van der Waals surface area contributed by atoms with Crippen LogP contribution in [0.25, 0.3) is 33.4 Å². The van der Waals surface area contributed by atoms with Gasteiger partial charge in [-0.2, -0.15) is 16.4 Å². The quantitative estimate of drug-likeness (QED) is 0.201. The number of nitrogens with zero attached hydrogens (tertiary/aromatic N) is 5. The Morgan fingerprint density at radius 3 is 2.45 bits per heavy atom. The first-order valence-corrected chi connectivity index (χ1v) is 16.9. The molecule has 3 aromatic heterocycles. The number of hydrogen-bond donors (Lipinski definition) is 2. The third-order valence-corrected chi connectivity index (χ3v) is 9.46. The van der Waals surface area contributed by atoms with Gasteiger partial charge in [-0.1, -0.05) is 48.0 Å². The molecule has 47 heavy (non-hydrogen) atoms. The first kappa shape index (κ1) is 32.9. The fraction of sp³-hybridized carbons (Fsp3) is 0.371. The zero-order valence-corrected chi connectivity index (χ0v) is 28.6. The molecule has 4 heterocycles. The minimum atomic E-state index is -1.04. The van der Waals surface area contributed by atoms with Gasteiger partial charge in [0.2, 0.25) is 0 Å². The molecule has 0 saturated carbocycles. The smallest absolute Gasteiger partial charge is 0.407 e. The number of halogens is 1. The summed E-state index contributed by atoms with van der Waals surface area (Å²) in [6.07, 6.45) is 2.07. The van der Waals surface area contributed by atoms with Gasteiger partial charge in [0.05, 0.1) is 24.2 Å². The summed E-state index contributed by atoms with van der Waals surface area (Å²) >= 11 is 8.31. The normalized spacial score (nSPS) is 15.2. The third kappa shape index (κ3) is 7.59. The van der Waals surface area contributed by atoms with Gasteiger partial charge in [0.1, 0.15) is 11.1 Å². The van der Waals surface area contributed by atoms with Gasteiger partial charge < -0.3 is 15.2 Å². The number of rotatable bonds is 8. The highest BCUT2D eigenvalue weighted by Crippen LogP contribution is 2.31. The van der Waals surface area contributed by atoms with Crippen LogP contribution in [0.2, 0.25) is 5.02 Å². The lowest BCUT2D eigenvalue weighted by Crippen LogP contribution is -2.47. The van der Waals surface area contributed by atoms with E-state index in [2.05, 4.69) is 49.3 Å². The molecule has 2 N–H and O–H groups in total. The van der Waals surface area contributed by atoms with E-state index in [1.807, 2.05) is 51.1 Å². The summed E-state index contributed by atoms with van der Waals surface area (Å²) < 4.78 is 8.43. The Morgan fingerprint density at radius 2 is 1.79 bits per heavy atom. The lowest BCUT2D eigenvalue weighted by atomic mass is 9.91. The van der Waals surface area contributed by atoms with E-state index in [1.54, 1.807) is 23.1 Å². The van der Waals surface area contributed by atoms with Crippen LogP contribution in [0.5, 0.6) is 0 Å². The van der Waals surface area contributed by atoms with Gasteiger partial charge in [0.25, 0.3) is 5.56 Å². The largest absolute Gasteiger partial charge is 0.444 e. The number of amides is 1. The zero-order chi connectivity index (χ0) is 33.3. The minimum absolute atomic E-state index is 0.143. The number of carbonyl (C=O) groups is 1. The van der Waals surface area contributed by atoms with E-state index in [1.165, 1.54) is 10.9 Å². The number of ether oxygens (including phenoxy) is 1. The van der Waals surface area contributed by atoms with E-state index in [0.717, 1.165) is 32.8 Å². The molecule has 246 valence electrons. The average Bonchev–Trinajstić information content (AvgIpc) is 3.68. The lowest BCUT2D eigenvalue weighted by Gasteiger charge is -2.38. The van der Waals surface area contributed by atoms with Crippen LogP contribution < -0.4 is 10.9 Å². The summed E-state index contributed by atoms with van der Waals surface area (Å²) in [5.74, 6) is 0. The molecule has 1 fully saturated rings. The van der Waals surface area contributed by atoms with Crippen LogP contribution in [-0.2, 0) is 31.4 Å². The van der Waals surface area contributed by atoms with Crippen molar-refractivity contribution in [1.29, 1.82) is 0 Å². The molecular weight excluding hydrogens is 636 g/mol. The molecule has 0 unspecified atom stereocenters. The number of alkyl carbamates (subject to hydrolysis) is 1. The van der Waals surface area contributed by atoms with Crippen LogP contribution in [0.4, 0.5) is 4.79 Å². The molecule has 10 nitrogen and oxygen atoms in total. The van der Waals surface area contributed by atoms with Gasteiger partial charge in [-0.05, 0) is 78.8 Å². The van der Waals surface area contributed by atoms with E-state index >= 15 is 0 Å².